The molecule has 1 aliphatic heterocycles. The van der Waals surface area contributed by atoms with Crippen LogP contribution in [-0.2, 0) is 4.74 Å². The van der Waals surface area contributed by atoms with Crippen molar-refractivity contribution in [1.82, 2.24) is 4.90 Å². The number of hydrogen-bond acceptors (Lipinski definition) is 3. The van der Waals surface area contributed by atoms with Gasteiger partial charge in [0, 0.05) is 25.6 Å². The summed E-state index contributed by atoms with van der Waals surface area (Å²) in [5.41, 5.74) is -0.0816. The van der Waals surface area contributed by atoms with Gasteiger partial charge in [0.2, 0.25) is 0 Å². The van der Waals surface area contributed by atoms with Crippen molar-refractivity contribution < 1.29 is 9.84 Å². The van der Waals surface area contributed by atoms with Gasteiger partial charge < -0.3 is 14.7 Å². The van der Waals surface area contributed by atoms with Gasteiger partial charge in [0.25, 0.3) is 0 Å². The number of rotatable bonds is 2. The topological polar surface area (TPSA) is 32.7 Å². The molecule has 72 valence electrons. The molecule has 1 fully saturated rings. The van der Waals surface area contributed by atoms with Crippen LogP contribution >= 0.6 is 0 Å². The molecule has 3 nitrogen and oxygen atoms in total. The van der Waals surface area contributed by atoms with Crippen molar-refractivity contribution in [2.75, 3.05) is 33.9 Å². The van der Waals surface area contributed by atoms with Gasteiger partial charge in [-0.3, -0.25) is 0 Å². The number of aliphatic hydroxyl groups excluding tert-OH is 1. The Morgan fingerprint density at radius 1 is 1.67 bits per heavy atom. The summed E-state index contributed by atoms with van der Waals surface area (Å²) in [6.45, 7) is 4.27. The molecule has 3 heteroatoms. The molecule has 0 aromatic carbocycles. The van der Waals surface area contributed by atoms with E-state index in [1.54, 1.807) is 7.11 Å². The Labute approximate surface area is 74.3 Å². The number of nitrogens with zero attached hydrogens (tertiary/aromatic N) is 1. The van der Waals surface area contributed by atoms with Crippen LogP contribution in [-0.4, -0.2) is 50.0 Å². The molecule has 1 saturated heterocycles. The fourth-order valence-corrected chi connectivity index (χ4v) is 2.04. The van der Waals surface area contributed by atoms with Crippen LogP contribution in [0.5, 0.6) is 0 Å². The van der Waals surface area contributed by atoms with E-state index < -0.39 is 0 Å². The van der Waals surface area contributed by atoms with Gasteiger partial charge in [-0.15, -0.1) is 0 Å². The molecule has 0 aromatic rings. The Morgan fingerprint density at radius 3 is 2.83 bits per heavy atom. The molecule has 1 N–H and O–H groups in total. The summed E-state index contributed by atoms with van der Waals surface area (Å²) in [5, 5.41) is 9.26. The van der Waals surface area contributed by atoms with Crippen LogP contribution in [0.4, 0.5) is 0 Å². The Morgan fingerprint density at radius 2 is 2.33 bits per heavy atom. The summed E-state index contributed by atoms with van der Waals surface area (Å²) in [7, 11) is 3.81. The summed E-state index contributed by atoms with van der Waals surface area (Å²) in [6, 6.07) is 0. The molecule has 0 spiro atoms. The summed E-state index contributed by atoms with van der Waals surface area (Å²) < 4.78 is 5.36. The van der Waals surface area contributed by atoms with Crippen molar-refractivity contribution >= 4 is 0 Å². The zero-order valence-corrected chi connectivity index (χ0v) is 8.21. The number of ether oxygens (including phenoxy) is 1. The van der Waals surface area contributed by atoms with Crippen LogP contribution in [0.2, 0.25) is 0 Å². The van der Waals surface area contributed by atoms with Gasteiger partial charge in [0.1, 0.15) is 0 Å². The largest absolute Gasteiger partial charge is 0.396 e. The van der Waals surface area contributed by atoms with Crippen molar-refractivity contribution in [3.8, 4) is 0 Å². The lowest BCUT2D eigenvalue weighted by molar-refractivity contribution is -0.0790. The highest BCUT2D eigenvalue weighted by molar-refractivity contribution is 4.89. The fourth-order valence-electron chi connectivity index (χ4n) is 2.04. The number of hydrogen-bond donors (Lipinski definition) is 1. The molecule has 2 unspecified atom stereocenters. The van der Waals surface area contributed by atoms with Crippen LogP contribution in [0.25, 0.3) is 0 Å². The summed E-state index contributed by atoms with van der Waals surface area (Å²) in [4.78, 5) is 2.24. The first-order chi connectivity index (χ1) is 5.62. The predicted molar refractivity (Wildman–Crippen MR) is 48.1 cm³/mol. The molecule has 0 aliphatic carbocycles. The smallest absolute Gasteiger partial charge is 0.0671 e. The van der Waals surface area contributed by atoms with Gasteiger partial charge in [0.15, 0.2) is 0 Å². The van der Waals surface area contributed by atoms with Crippen molar-refractivity contribution in [2.45, 2.75) is 19.4 Å². The molecule has 0 bridgehead atoms. The van der Waals surface area contributed by atoms with Crippen molar-refractivity contribution in [1.29, 1.82) is 0 Å². The second-order valence-electron chi connectivity index (χ2n) is 4.06. The minimum atomic E-state index is -0.0816. The van der Waals surface area contributed by atoms with E-state index in [0.29, 0.717) is 0 Å². The van der Waals surface area contributed by atoms with Gasteiger partial charge in [-0.2, -0.15) is 0 Å². The Hall–Kier alpha value is -0.120. The van der Waals surface area contributed by atoms with E-state index >= 15 is 0 Å². The first-order valence-electron chi connectivity index (χ1n) is 4.44. The highest BCUT2D eigenvalue weighted by Crippen LogP contribution is 2.30. The van der Waals surface area contributed by atoms with E-state index in [9.17, 15) is 5.11 Å². The Kier molecular flexibility index (Phi) is 3.09. The van der Waals surface area contributed by atoms with Crippen molar-refractivity contribution in [3.63, 3.8) is 0 Å². The van der Waals surface area contributed by atoms with E-state index in [0.717, 1.165) is 19.5 Å². The van der Waals surface area contributed by atoms with Gasteiger partial charge in [-0.25, -0.2) is 0 Å². The van der Waals surface area contributed by atoms with Crippen molar-refractivity contribution in [3.05, 3.63) is 0 Å². The van der Waals surface area contributed by atoms with Gasteiger partial charge in [0.05, 0.1) is 12.7 Å². The first-order valence-corrected chi connectivity index (χ1v) is 4.44. The number of piperidine rings is 1. The maximum atomic E-state index is 9.26. The minimum Gasteiger partial charge on any atom is -0.396 e. The summed E-state index contributed by atoms with van der Waals surface area (Å²) in [5.74, 6) is 0. The van der Waals surface area contributed by atoms with E-state index in [2.05, 4.69) is 18.9 Å². The predicted octanol–water partition coefficient (Wildman–Crippen LogP) is 0.336. The second-order valence-corrected chi connectivity index (χ2v) is 4.06. The molecular weight excluding hydrogens is 154 g/mol. The standard InChI is InChI=1S/C9H19NO2/c1-9(7-11)6-10(2)5-4-8(9)12-3/h8,11H,4-7H2,1-3H3. The van der Waals surface area contributed by atoms with E-state index in [1.807, 2.05) is 0 Å². The molecule has 12 heavy (non-hydrogen) atoms. The van der Waals surface area contributed by atoms with Gasteiger partial charge in [-0.1, -0.05) is 6.92 Å². The van der Waals surface area contributed by atoms with E-state index in [-0.39, 0.29) is 18.1 Å². The van der Waals surface area contributed by atoms with Crippen LogP contribution in [0, 0.1) is 5.41 Å². The molecule has 0 amide bonds. The highest BCUT2D eigenvalue weighted by Gasteiger charge is 2.38. The molecule has 1 rings (SSSR count). The van der Waals surface area contributed by atoms with Crippen LogP contribution in [0.15, 0.2) is 0 Å². The van der Waals surface area contributed by atoms with Crippen LogP contribution in [0.1, 0.15) is 13.3 Å². The number of aliphatic hydroxyl groups is 1. The maximum Gasteiger partial charge on any atom is 0.0671 e. The number of likely N-dealkylation sites (tertiary alicyclic amines) is 1. The molecule has 1 aliphatic rings. The lowest BCUT2D eigenvalue weighted by atomic mass is 9.80. The zero-order chi connectivity index (χ0) is 9.19. The third kappa shape index (κ3) is 1.79. The summed E-state index contributed by atoms with van der Waals surface area (Å²) in [6.07, 6.45) is 1.23. The highest BCUT2D eigenvalue weighted by atomic mass is 16.5. The summed E-state index contributed by atoms with van der Waals surface area (Å²) >= 11 is 0. The van der Waals surface area contributed by atoms with Crippen molar-refractivity contribution in [2.24, 2.45) is 5.41 Å². The Balaban J connectivity index is 2.63. The molecule has 0 saturated carbocycles. The first kappa shape index (κ1) is 9.96. The molecular formula is C9H19NO2. The maximum absolute atomic E-state index is 9.26. The fraction of sp³-hybridized carbons (Fsp3) is 1.00. The number of methoxy groups -OCH3 is 1. The zero-order valence-electron chi connectivity index (χ0n) is 8.21. The molecule has 2 atom stereocenters. The second kappa shape index (κ2) is 3.73. The van der Waals surface area contributed by atoms with Crippen LogP contribution in [0.3, 0.4) is 0 Å². The van der Waals surface area contributed by atoms with Gasteiger partial charge in [-0.05, 0) is 13.5 Å². The normalized spacial score (nSPS) is 38.5. The SMILES string of the molecule is COC1CCN(C)CC1(C)CO. The quantitative estimate of drug-likeness (QED) is 0.653. The van der Waals surface area contributed by atoms with E-state index in [1.165, 1.54) is 0 Å². The molecule has 1 heterocycles. The average Bonchev–Trinajstić information content (AvgIpc) is 2.05. The molecule has 0 radical (unpaired) electrons. The Bertz CT molecular complexity index is 151. The lowest BCUT2D eigenvalue weighted by Gasteiger charge is -2.43. The lowest BCUT2D eigenvalue weighted by Crippen LogP contribution is -2.51. The minimum absolute atomic E-state index is 0.0816. The third-order valence-electron chi connectivity index (χ3n) is 2.83. The van der Waals surface area contributed by atoms with E-state index in [4.69, 9.17) is 4.74 Å². The molecule has 0 aromatic heterocycles. The average molecular weight is 173 g/mol. The third-order valence-corrected chi connectivity index (χ3v) is 2.83. The monoisotopic (exact) mass is 173 g/mol. The van der Waals surface area contributed by atoms with Crippen LogP contribution < -0.4 is 0 Å². The van der Waals surface area contributed by atoms with Gasteiger partial charge >= 0.3 is 0 Å².